The van der Waals surface area contributed by atoms with Gasteiger partial charge in [0, 0.05) is 63.9 Å². The number of aryl methyl sites for hydroxylation is 1. The number of hydrogen-bond donors (Lipinski definition) is 4. The maximum absolute atomic E-state index is 14.2. The molecule has 20 heteroatoms. The predicted molar refractivity (Wildman–Crippen MR) is 271 cm³/mol. The molecule has 0 saturated carbocycles. The zero-order chi connectivity index (χ0) is 45.2. The molecule has 68 heavy (non-hydrogen) atoms. The average Bonchev–Trinajstić information content (AvgIpc) is 4.07. The number of anilines is 2. The lowest BCUT2D eigenvalue weighted by molar-refractivity contribution is -0.141. The molecule has 0 aliphatic carbocycles. The third-order valence-corrected chi connectivity index (χ3v) is 14.6. The molecule has 16 nitrogen and oxygen atoms in total. The van der Waals surface area contributed by atoms with E-state index in [1.165, 1.54) is 4.90 Å². The number of benzene rings is 2. The van der Waals surface area contributed by atoms with Crippen LogP contribution in [0, 0.1) is 18.8 Å². The minimum absolute atomic E-state index is 0. The molecule has 0 spiro atoms. The summed E-state index contributed by atoms with van der Waals surface area (Å²) in [5.41, 5.74) is 7.23. The number of phenols is 1. The van der Waals surface area contributed by atoms with Crippen molar-refractivity contribution < 1.29 is 29.1 Å². The molecule has 368 valence electrons. The van der Waals surface area contributed by atoms with E-state index in [0.717, 1.165) is 98.4 Å². The highest BCUT2D eigenvalue weighted by Crippen LogP contribution is 2.37. The second-order valence-electron chi connectivity index (χ2n) is 18.4. The van der Waals surface area contributed by atoms with E-state index in [-0.39, 0.29) is 79.7 Å². The largest absolute Gasteiger partial charge is 0.507 e. The van der Waals surface area contributed by atoms with Gasteiger partial charge in [-0.25, -0.2) is 4.98 Å². The molecule has 4 aliphatic rings. The molecule has 0 radical (unpaired) electrons. The fourth-order valence-electron chi connectivity index (χ4n) is 9.98. The van der Waals surface area contributed by atoms with Crippen LogP contribution in [0.15, 0.2) is 70.7 Å². The molecule has 1 unspecified atom stereocenters. The summed E-state index contributed by atoms with van der Waals surface area (Å²) in [6, 6.07) is 18.3. The molecule has 3 fully saturated rings. The van der Waals surface area contributed by atoms with E-state index in [1.807, 2.05) is 81.7 Å². The number of aliphatic hydroxyl groups is 1. The Hall–Kier alpha value is -4.75. The Balaban J connectivity index is 0.00000254. The first-order valence-electron chi connectivity index (χ1n) is 23.0. The molecule has 4 aliphatic heterocycles. The number of rotatable bonds is 14. The van der Waals surface area contributed by atoms with Crippen LogP contribution < -0.4 is 20.3 Å². The van der Waals surface area contributed by atoms with E-state index in [1.54, 1.807) is 23.5 Å². The molecule has 7 heterocycles. The molecule has 3 aromatic heterocycles. The number of piperidine rings is 1. The molecule has 0 bridgehead atoms. The van der Waals surface area contributed by atoms with Crippen LogP contribution in [0.3, 0.4) is 0 Å². The summed E-state index contributed by atoms with van der Waals surface area (Å²) in [5.74, 6) is 0.887. The Labute approximate surface area is 420 Å². The van der Waals surface area contributed by atoms with E-state index in [0.29, 0.717) is 41.5 Å². The number of amides is 2. The highest BCUT2D eigenvalue weighted by Gasteiger charge is 2.44. The number of aromatic nitrogens is 4. The number of nitrogens with zero attached hydrogens (tertiary/aromatic N) is 8. The van der Waals surface area contributed by atoms with Gasteiger partial charge in [0.05, 0.1) is 45.7 Å². The normalized spacial score (nSPS) is 20.5. The smallest absolute Gasteiger partial charge is 0.254 e. The SMILES string of the molecule is Cc1ncsc1-c1ccc([C@H](C)NC(=O)[C@@H]2C[C@@H](O)CN2C(=O)[C@@H](c2cc(OCCN3CCC(CN4CCN5c6cc(-c7ccccc7O)nnc6NCC5C4)CC3)no2)C(C)C)cc1.Cl.Cl.Cl. The lowest BCUT2D eigenvalue weighted by atomic mass is 9.91. The number of aliphatic hydroxyl groups excluding tert-OH is 1. The topological polar surface area (TPSA) is 186 Å². The summed E-state index contributed by atoms with van der Waals surface area (Å²) < 4.78 is 11.8. The van der Waals surface area contributed by atoms with E-state index in [9.17, 15) is 19.8 Å². The third-order valence-electron chi connectivity index (χ3n) is 13.6. The number of likely N-dealkylation sites (tertiary alicyclic amines) is 2. The van der Waals surface area contributed by atoms with Gasteiger partial charge in [0.25, 0.3) is 5.88 Å². The van der Waals surface area contributed by atoms with Gasteiger partial charge in [0.1, 0.15) is 24.3 Å². The first-order valence-corrected chi connectivity index (χ1v) is 23.9. The highest BCUT2D eigenvalue weighted by atomic mass is 35.5. The van der Waals surface area contributed by atoms with Crippen LogP contribution >= 0.6 is 48.6 Å². The number of halogens is 3. The second-order valence-corrected chi connectivity index (χ2v) is 19.3. The third kappa shape index (κ3) is 11.6. The summed E-state index contributed by atoms with van der Waals surface area (Å²) >= 11 is 1.59. The molecule has 5 aromatic rings. The number of phenolic OH excluding ortho intramolecular Hbond substituents is 1. The Morgan fingerprint density at radius 2 is 1.74 bits per heavy atom. The number of thiazole rings is 1. The average molecular weight is 1010 g/mol. The van der Waals surface area contributed by atoms with Crippen LogP contribution in [0.5, 0.6) is 11.6 Å². The van der Waals surface area contributed by atoms with Crippen molar-refractivity contribution in [1.29, 1.82) is 0 Å². The number of nitrogens with one attached hydrogen (secondary N) is 2. The number of carbonyl (C=O) groups is 2. The van der Waals surface area contributed by atoms with Crippen molar-refractivity contribution in [3.8, 4) is 33.3 Å². The van der Waals surface area contributed by atoms with Crippen molar-refractivity contribution in [2.45, 2.75) is 77.1 Å². The number of piperazine rings is 1. The van der Waals surface area contributed by atoms with Crippen molar-refractivity contribution >= 4 is 71.9 Å². The number of carbonyl (C=O) groups excluding carboxylic acids is 2. The summed E-state index contributed by atoms with van der Waals surface area (Å²) in [6.07, 6.45) is 1.60. The Kier molecular flexibility index (Phi) is 18.0. The molecule has 2 amide bonds. The predicted octanol–water partition coefficient (Wildman–Crippen LogP) is 6.82. The van der Waals surface area contributed by atoms with Gasteiger partial charge in [-0.2, -0.15) is 0 Å². The van der Waals surface area contributed by atoms with Gasteiger partial charge in [-0.3, -0.25) is 19.4 Å². The maximum atomic E-state index is 14.2. The number of aromatic hydroxyl groups is 1. The number of β-amino-alcohol motifs (C(OH)–C–C–N with tert-alkyl or cyclic N) is 1. The standard InChI is InChI=1S/C48H60N10O6S.3ClH/c1-29(2)44(48(62)58-27-36(59)21-40(58)47(61)51-30(3)33-9-11-34(12-10-33)45-31(4)50-28-65-45)42-23-43(54-64-42)63-20-19-55-15-13-32(14-16-55)25-56-17-18-57-35(26-56)24-49-46-39(57)22-38(52-53-46)37-7-5-6-8-41(37)60;;;/h5-12,22-23,28-30,32,35-36,40,44,59-60H,13-21,24-27H2,1-4H3,(H,49,53)(H,51,61);3*1H/t30-,35?,36+,40-,44+;;;/m0.../s1. The van der Waals surface area contributed by atoms with Gasteiger partial charge in [-0.15, -0.1) is 58.8 Å². The van der Waals surface area contributed by atoms with E-state index < -0.39 is 18.1 Å². The number of hydrogen-bond acceptors (Lipinski definition) is 15. The fraction of sp³-hybridized carbons (Fsp3) is 0.500. The first kappa shape index (κ1) is 52.6. The van der Waals surface area contributed by atoms with E-state index in [2.05, 4.69) is 45.7 Å². The van der Waals surface area contributed by atoms with Crippen molar-refractivity contribution in [2.24, 2.45) is 11.8 Å². The Morgan fingerprint density at radius 1 is 0.971 bits per heavy atom. The van der Waals surface area contributed by atoms with Gasteiger partial charge >= 0.3 is 0 Å². The molecule has 9 rings (SSSR count). The summed E-state index contributed by atoms with van der Waals surface area (Å²) in [4.78, 5) is 42.4. The van der Waals surface area contributed by atoms with Crippen LogP contribution in [0.25, 0.3) is 21.7 Å². The van der Waals surface area contributed by atoms with Gasteiger partial charge in [0.2, 0.25) is 11.8 Å². The zero-order valence-electron chi connectivity index (χ0n) is 38.8. The van der Waals surface area contributed by atoms with E-state index in [4.69, 9.17) is 9.26 Å². The summed E-state index contributed by atoms with van der Waals surface area (Å²) in [7, 11) is 0. The molecule has 3 saturated heterocycles. The number of ether oxygens (including phenoxy) is 1. The monoisotopic (exact) mass is 1010 g/mol. The minimum atomic E-state index is -0.817. The Bertz CT molecular complexity index is 2450. The quantitative estimate of drug-likeness (QED) is 0.0909. The second kappa shape index (κ2) is 23.2. The van der Waals surface area contributed by atoms with Gasteiger partial charge in [-0.05, 0) is 86.1 Å². The van der Waals surface area contributed by atoms with Gasteiger partial charge < -0.3 is 39.9 Å². The highest BCUT2D eigenvalue weighted by molar-refractivity contribution is 7.13. The van der Waals surface area contributed by atoms with Crippen molar-refractivity contribution in [3.05, 3.63) is 83.2 Å². The summed E-state index contributed by atoms with van der Waals surface area (Å²) in [6.45, 7) is 15.8. The lowest BCUT2D eigenvalue weighted by Gasteiger charge is -2.47. The fourth-order valence-corrected chi connectivity index (χ4v) is 10.8. The molecular formula is C48H63Cl3N10O6S. The summed E-state index contributed by atoms with van der Waals surface area (Å²) in [5, 5.41) is 40.7. The Morgan fingerprint density at radius 3 is 2.46 bits per heavy atom. The number of fused-ring (bicyclic) bond motifs is 3. The molecule has 2 aromatic carbocycles. The zero-order valence-corrected chi connectivity index (χ0v) is 42.1. The van der Waals surface area contributed by atoms with E-state index >= 15 is 0 Å². The minimum Gasteiger partial charge on any atom is -0.507 e. The van der Waals surface area contributed by atoms with Gasteiger partial charge in [-0.1, -0.05) is 50.2 Å². The molecule has 5 atom stereocenters. The molecule has 4 N–H and O–H groups in total. The van der Waals surface area contributed by atoms with Crippen molar-refractivity contribution in [2.75, 3.05) is 75.7 Å². The van der Waals surface area contributed by atoms with Crippen LogP contribution in [0.2, 0.25) is 0 Å². The first-order chi connectivity index (χ1) is 31.5. The van der Waals surface area contributed by atoms with Crippen LogP contribution in [0.4, 0.5) is 11.5 Å². The van der Waals surface area contributed by atoms with Crippen LogP contribution in [-0.2, 0) is 9.59 Å². The maximum Gasteiger partial charge on any atom is 0.254 e. The van der Waals surface area contributed by atoms with Crippen molar-refractivity contribution in [1.82, 2.24) is 40.4 Å². The molecular weight excluding hydrogens is 951 g/mol. The number of para-hydroxylation sites is 1. The van der Waals surface area contributed by atoms with Crippen LogP contribution in [-0.4, -0.2) is 141 Å². The lowest BCUT2D eigenvalue weighted by Crippen LogP contribution is -2.58. The van der Waals surface area contributed by atoms with Crippen LogP contribution in [0.1, 0.15) is 69.0 Å². The van der Waals surface area contributed by atoms with Crippen molar-refractivity contribution in [3.63, 3.8) is 0 Å². The van der Waals surface area contributed by atoms with Gasteiger partial charge in [0.15, 0.2) is 11.6 Å².